The van der Waals surface area contributed by atoms with Crippen LogP contribution in [0.4, 0.5) is 0 Å². The van der Waals surface area contributed by atoms with E-state index in [9.17, 15) is 8.42 Å². The number of hydrogen-bond donors (Lipinski definition) is 1. The van der Waals surface area contributed by atoms with Crippen molar-refractivity contribution in [1.82, 2.24) is 4.90 Å². The molecule has 2 atom stereocenters. The Labute approximate surface area is 85.7 Å². The van der Waals surface area contributed by atoms with E-state index < -0.39 is 9.84 Å². The van der Waals surface area contributed by atoms with Crippen LogP contribution in [-0.2, 0) is 9.84 Å². The molecule has 1 heterocycles. The number of likely N-dealkylation sites (tertiary alicyclic amines) is 1. The van der Waals surface area contributed by atoms with E-state index in [2.05, 4.69) is 0 Å². The van der Waals surface area contributed by atoms with Gasteiger partial charge in [-0.15, -0.1) is 0 Å². The van der Waals surface area contributed by atoms with Crippen LogP contribution in [0, 0.1) is 0 Å². The Bertz CT molecular complexity index is 309. The van der Waals surface area contributed by atoms with Crippen molar-refractivity contribution < 1.29 is 8.42 Å². The zero-order valence-electron chi connectivity index (χ0n) is 8.68. The third-order valence-corrected chi connectivity index (χ3v) is 4.24. The molecule has 2 N–H and O–H groups in total. The summed E-state index contributed by atoms with van der Waals surface area (Å²) in [6.45, 7) is 3.24. The molecule has 82 valence electrons. The van der Waals surface area contributed by atoms with E-state index in [4.69, 9.17) is 5.73 Å². The smallest absolute Gasteiger partial charge is 0.175 e. The molecule has 0 aromatic rings. The van der Waals surface area contributed by atoms with Crippen LogP contribution in [0.1, 0.15) is 13.3 Å². The van der Waals surface area contributed by atoms with E-state index in [1.54, 1.807) is 6.92 Å². The van der Waals surface area contributed by atoms with E-state index >= 15 is 0 Å². The Morgan fingerprint density at radius 1 is 1.57 bits per heavy atom. The molecule has 14 heavy (non-hydrogen) atoms. The van der Waals surface area contributed by atoms with Gasteiger partial charge in [0.25, 0.3) is 0 Å². The van der Waals surface area contributed by atoms with Crippen LogP contribution in [0.3, 0.4) is 0 Å². The fourth-order valence-corrected chi connectivity index (χ4v) is 3.09. The highest BCUT2D eigenvalue weighted by Gasteiger charge is 2.29. The second-order valence-electron chi connectivity index (χ2n) is 3.95. The summed E-state index contributed by atoms with van der Waals surface area (Å²) in [6.07, 6.45) is 2.26. The largest absolute Gasteiger partial charge is 0.325 e. The third-order valence-electron chi connectivity index (χ3n) is 2.38. The zero-order valence-corrected chi connectivity index (χ0v) is 9.50. The maximum atomic E-state index is 11.7. The SMILES string of the molecule is C[C@@H](N)/C=C\S(=O)(=O)[C@H]1CCN(C)C1. The molecule has 1 rings (SSSR count). The molecule has 0 spiro atoms. The van der Waals surface area contributed by atoms with Gasteiger partial charge in [0, 0.05) is 18.0 Å². The Balaban J connectivity index is 2.67. The average molecular weight is 218 g/mol. The first-order chi connectivity index (χ1) is 6.42. The highest BCUT2D eigenvalue weighted by Crippen LogP contribution is 2.16. The normalized spacial score (nSPS) is 27.2. The van der Waals surface area contributed by atoms with Crippen molar-refractivity contribution in [2.45, 2.75) is 24.6 Å². The molecule has 1 saturated heterocycles. The quantitative estimate of drug-likeness (QED) is 0.722. The predicted octanol–water partition coefficient (Wildman–Crippen LogP) is -0.0338. The average Bonchev–Trinajstić information content (AvgIpc) is 2.49. The monoisotopic (exact) mass is 218 g/mol. The molecule has 0 aliphatic carbocycles. The number of nitrogens with two attached hydrogens (primary N) is 1. The Hall–Kier alpha value is -0.390. The third kappa shape index (κ3) is 3.08. The van der Waals surface area contributed by atoms with Crippen molar-refractivity contribution in [3.05, 3.63) is 11.5 Å². The fourth-order valence-electron chi connectivity index (χ4n) is 1.51. The van der Waals surface area contributed by atoms with Crippen LogP contribution in [0.25, 0.3) is 0 Å². The van der Waals surface area contributed by atoms with Crippen LogP contribution in [0.2, 0.25) is 0 Å². The molecule has 0 aromatic carbocycles. The summed E-state index contributed by atoms with van der Waals surface area (Å²) in [7, 11) is -1.15. The number of nitrogens with zero attached hydrogens (tertiary/aromatic N) is 1. The summed E-state index contributed by atoms with van der Waals surface area (Å²) in [4.78, 5) is 2.03. The first kappa shape index (κ1) is 11.7. The van der Waals surface area contributed by atoms with E-state index in [0.717, 1.165) is 13.0 Å². The minimum atomic E-state index is -3.09. The van der Waals surface area contributed by atoms with E-state index in [1.165, 1.54) is 11.5 Å². The molecule has 0 unspecified atom stereocenters. The van der Waals surface area contributed by atoms with Gasteiger partial charge in [0.05, 0.1) is 5.25 Å². The van der Waals surface area contributed by atoms with Crippen LogP contribution in [-0.4, -0.2) is 44.7 Å². The molecule has 0 aromatic heterocycles. The minimum Gasteiger partial charge on any atom is -0.325 e. The van der Waals surface area contributed by atoms with Crippen molar-refractivity contribution in [1.29, 1.82) is 0 Å². The highest BCUT2D eigenvalue weighted by molar-refractivity contribution is 7.94. The van der Waals surface area contributed by atoms with Gasteiger partial charge in [0.1, 0.15) is 0 Å². The second kappa shape index (κ2) is 4.42. The predicted molar refractivity (Wildman–Crippen MR) is 57.6 cm³/mol. The van der Waals surface area contributed by atoms with Crippen molar-refractivity contribution in [3.63, 3.8) is 0 Å². The number of hydrogen-bond acceptors (Lipinski definition) is 4. The number of rotatable bonds is 3. The maximum Gasteiger partial charge on any atom is 0.175 e. The van der Waals surface area contributed by atoms with Crippen LogP contribution in [0.5, 0.6) is 0 Å². The molecule has 5 heteroatoms. The molecule has 1 aliphatic rings. The molecule has 0 amide bonds. The summed E-state index contributed by atoms with van der Waals surface area (Å²) in [5.41, 5.74) is 5.46. The Morgan fingerprint density at radius 3 is 2.64 bits per heavy atom. The minimum absolute atomic E-state index is 0.205. The van der Waals surface area contributed by atoms with Crippen molar-refractivity contribution in [2.24, 2.45) is 5.73 Å². The summed E-state index contributed by atoms with van der Waals surface area (Å²) in [6, 6.07) is -0.205. The Kier molecular flexibility index (Phi) is 3.69. The topological polar surface area (TPSA) is 63.4 Å². The molecule has 1 aliphatic heterocycles. The van der Waals surface area contributed by atoms with Gasteiger partial charge in [-0.1, -0.05) is 6.08 Å². The summed E-state index contributed by atoms with van der Waals surface area (Å²) in [5, 5.41) is 1.02. The lowest BCUT2D eigenvalue weighted by molar-refractivity contribution is 0.417. The van der Waals surface area contributed by atoms with Crippen LogP contribution >= 0.6 is 0 Å². The van der Waals surface area contributed by atoms with Gasteiger partial charge in [-0.3, -0.25) is 0 Å². The molecular weight excluding hydrogens is 200 g/mol. The van der Waals surface area contributed by atoms with E-state index in [0.29, 0.717) is 6.54 Å². The van der Waals surface area contributed by atoms with Gasteiger partial charge in [0.2, 0.25) is 0 Å². The van der Waals surface area contributed by atoms with Gasteiger partial charge in [-0.05, 0) is 26.9 Å². The Morgan fingerprint density at radius 2 is 2.21 bits per heavy atom. The second-order valence-corrected chi connectivity index (χ2v) is 6.07. The molecule has 0 saturated carbocycles. The lowest BCUT2D eigenvalue weighted by Crippen LogP contribution is -2.23. The van der Waals surface area contributed by atoms with Crippen molar-refractivity contribution >= 4 is 9.84 Å². The van der Waals surface area contributed by atoms with Gasteiger partial charge in [-0.2, -0.15) is 0 Å². The molecular formula is C9H18N2O2S. The zero-order chi connectivity index (χ0) is 10.8. The molecule has 0 bridgehead atoms. The molecule has 1 fully saturated rings. The van der Waals surface area contributed by atoms with Gasteiger partial charge in [0.15, 0.2) is 9.84 Å². The summed E-state index contributed by atoms with van der Waals surface area (Å²) in [5.74, 6) is 0. The van der Waals surface area contributed by atoms with E-state index in [-0.39, 0.29) is 11.3 Å². The van der Waals surface area contributed by atoms with Gasteiger partial charge >= 0.3 is 0 Å². The maximum absolute atomic E-state index is 11.7. The summed E-state index contributed by atoms with van der Waals surface area (Å²) < 4.78 is 23.4. The standard InChI is InChI=1S/C9H18N2O2S/c1-8(10)4-6-14(12,13)9-3-5-11(2)7-9/h4,6,8-9H,3,5,7,10H2,1-2H3/b6-4-/t8-,9+/m1/s1. The first-order valence-corrected chi connectivity index (χ1v) is 6.39. The van der Waals surface area contributed by atoms with Gasteiger partial charge in [-0.25, -0.2) is 8.42 Å². The fraction of sp³-hybridized carbons (Fsp3) is 0.778. The van der Waals surface area contributed by atoms with Crippen LogP contribution < -0.4 is 5.73 Å². The van der Waals surface area contributed by atoms with Crippen LogP contribution in [0.15, 0.2) is 11.5 Å². The van der Waals surface area contributed by atoms with Crippen molar-refractivity contribution in [3.8, 4) is 0 Å². The molecule has 0 radical (unpaired) electrons. The lowest BCUT2D eigenvalue weighted by atomic mass is 10.4. The summed E-state index contributed by atoms with van der Waals surface area (Å²) >= 11 is 0. The highest BCUT2D eigenvalue weighted by atomic mass is 32.2. The molecule has 4 nitrogen and oxygen atoms in total. The first-order valence-electron chi connectivity index (χ1n) is 4.78. The van der Waals surface area contributed by atoms with Gasteiger partial charge < -0.3 is 10.6 Å². The lowest BCUT2D eigenvalue weighted by Gasteiger charge is -2.08. The number of sulfone groups is 1. The van der Waals surface area contributed by atoms with Crippen molar-refractivity contribution in [2.75, 3.05) is 20.1 Å². The van der Waals surface area contributed by atoms with E-state index in [1.807, 2.05) is 11.9 Å².